The summed E-state index contributed by atoms with van der Waals surface area (Å²) in [6.45, 7) is 13.8. The zero-order valence-electron chi connectivity index (χ0n) is 8.80. The third kappa shape index (κ3) is 4.57. The van der Waals surface area contributed by atoms with E-state index in [4.69, 9.17) is 7.85 Å². The summed E-state index contributed by atoms with van der Waals surface area (Å²) in [6, 6.07) is 0. The predicted molar refractivity (Wildman–Crippen MR) is 61.8 cm³/mol. The van der Waals surface area contributed by atoms with Crippen LogP contribution in [0.1, 0.15) is 20.8 Å². The number of hydrogen-bond donors (Lipinski definition) is 0. The molecule has 0 heterocycles. The van der Waals surface area contributed by atoms with Crippen molar-refractivity contribution in [3.8, 4) is 0 Å². The highest BCUT2D eigenvalue weighted by atomic mass is 14.2. The van der Waals surface area contributed by atoms with Gasteiger partial charge >= 0.3 is 0 Å². The maximum atomic E-state index is 5.58. The van der Waals surface area contributed by atoms with Gasteiger partial charge in [-0.1, -0.05) is 63.7 Å². The fraction of sp³-hybridized carbons (Fsp3) is 0.333. The SMILES string of the molecule is [B]/C(C=C)=C/C=C(\C=C)C(C)(C)C. The second-order valence-electron chi connectivity index (χ2n) is 3.95. The van der Waals surface area contributed by atoms with E-state index in [0.717, 1.165) is 5.57 Å². The van der Waals surface area contributed by atoms with Gasteiger partial charge in [0.15, 0.2) is 0 Å². The molecular weight excluding hydrogens is 155 g/mol. The second kappa shape index (κ2) is 4.91. The van der Waals surface area contributed by atoms with Gasteiger partial charge in [-0.15, -0.1) is 0 Å². The van der Waals surface area contributed by atoms with Crippen LogP contribution in [0.25, 0.3) is 0 Å². The van der Waals surface area contributed by atoms with Crippen LogP contribution in [0.5, 0.6) is 0 Å². The average molecular weight is 172 g/mol. The van der Waals surface area contributed by atoms with Crippen molar-refractivity contribution in [3.63, 3.8) is 0 Å². The first-order valence-corrected chi connectivity index (χ1v) is 4.34. The summed E-state index contributed by atoms with van der Waals surface area (Å²) in [5.74, 6) is 0. The predicted octanol–water partition coefficient (Wildman–Crippen LogP) is 3.38. The van der Waals surface area contributed by atoms with E-state index in [2.05, 4.69) is 33.9 Å². The quantitative estimate of drug-likeness (QED) is 0.452. The Hall–Kier alpha value is -0.975. The number of hydrogen-bond acceptors (Lipinski definition) is 0. The molecule has 0 bridgehead atoms. The smallest absolute Gasteiger partial charge is 0.0997 e. The van der Waals surface area contributed by atoms with Crippen molar-refractivity contribution >= 4 is 7.85 Å². The molecule has 0 aliphatic carbocycles. The molecule has 0 spiro atoms. The largest absolute Gasteiger partial charge is 0.113 e. The Balaban J connectivity index is 4.79. The molecule has 2 radical (unpaired) electrons. The Morgan fingerprint density at radius 1 is 1.08 bits per heavy atom. The lowest BCUT2D eigenvalue weighted by Crippen LogP contribution is -2.06. The molecule has 0 fully saturated rings. The summed E-state index contributed by atoms with van der Waals surface area (Å²) in [5.41, 5.74) is 1.94. The van der Waals surface area contributed by atoms with Gasteiger partial charge in [0.2, 0.25) is 0 Å². The van der Waals surface area contributed by atoms with Gasteiger partial charge < -0.3 is 0 Å². The molecule has 0 nitrogen and oxygen atoms in total. The highest BCUT2D eigenvalue weighted by Gasteiger charge is 2.12. The number of allylic oxidation sites excluding steroid dienone is 6. The lowest BCUT2D eigenvalue weighted by Gasteiger charge is -2.19. The van der Waals surface area contributed by atoms with Gasteiger partial charge in [0.1, 0.15) is 7.85 Å². The highest BCUT2D eigenvalue weighted by Crippen LogP contribution is 2.25. The van der Waals surface area contributed by atoms with E-state index in [1.54, 1.807) is 6.08 Å². The first kappa shape index (κ1) is 12.0. The minimum absolute atomic E-state index is 0.111. The van der Waals surface area contributed by atoms with Crippen LogP contribution < -0.4 is 0 Å². The molecule has 0 N–H and O–H groups in total. The van der Waals surface area contributed by atoms with Crippen LogP contribution in [-0.2, 0) is 0 Å². The third-order valence-corrected chi connectivity index (χ3v) is 1.78. The van der Waals surface area contributed by atoms with Gasteiger partial charge in [-0.05, 0) is 11.0 Å². The average Bonchev–Trinajstić information content (AvgIpc) is 2.02. The molecular formula is C12H17B. The lowest BCUT2D eigenvalue weighted by molar-refractivity contribution is 0.517. The van der Waals surface area contributed by atoms with E-state index < -0.39 is 0 Å². The zero-order valence-corrected chi connectivity index (χ0v) is 8.80. The summed E-state index contributed by atoms with van der Waals surface area (Å²) in [4.78, 5) is 0. The normalized spacial score (nSPS) is 14.1. The van der Waals surface area contributed by atoms with Crippen LogP contribution >= 0.6 is 0 Å². The first-order valence-electron chi connectivity index (χ1n) is 4.34. The van der Waals surface area contributed by atoms with Crippen LogP contribution in [-0.4, -0.2) is 7.85 Å². The Bertz CT molecular complexity index is 249. The van der Waals surface area contributed by atoms with Crippen LogP contribution in [0.2, 0.25) is 0 Å². The lowest BCUT2D eigenvalue weighted by atomic mass is 9.85. The molecule has 68 valence electrons. The Kier molecular flexibility index (Phi) is 4.54. The fourth-order valence-electron chi connectivity index (χ4n) is 0.878. The topological polar surface area (TPSA) is 0 Å². The van der Waals surface area contributed by atoms with E-state index >= 15 is 0 Å². The minimum atomic E-state index is 0.111. The van der Waals surface area contributed by atoms with Gasteiger partial charge in [0.05, 0.1) is 0 Å². The summed E-state index contributed by atoms with van der Waals surface area (Å²) in [7, 11) is 5.58. The maximum absolute atomic E-state index is 5.58. The molecule has 0 aliphatic heterocycles. The van der Waals surface area contributed by atoms with Crippen LogP contribution in [0.3, 0.4) is 0 Å². The minimum Gasteiger partial charge on any atom is -0.0997 e. The van der Waals surface area contributed by atoms with E-state index in [-0.39, 0.29) is 5.41 Å². The Morgan fingerprint density at radius 3 is 1.92 bits per heavy atom. The van der Waals surface area contributed by atoms with Gasteiger partial charge in [0.25, 0.3) is 0 Å². The third-order valence-electron chi connectivity index (χ3n) is 1.78. The maximum Gasteiger partial charge on any atom is 0.113 e. The van der Waals surface area contributed by atoms with Crippen molar-refractivity contribution in [3.05, 3.63) is 48.5 Å². The molecule has 0 saturated carbocycles. The zero-order chi connectivity index (χ0) is 10.5. The molecule has 1 heteroatoms. The standard InChI is InChI=1S/C12H17B/c1-6-10(12(3,4)5)8-9-11(13)7-2/h6-9H,1-2H2,3-5H3/b10-8+,11-9+. The summed E-state index contributed by atoms with van der Waals surface area (Å²) < 4.78 is 0. The van der Waals surface area contributed by atoms with Crippen molar-refractivity contribution in [1.29, 1.82) is 0 Å². The van der Waals surface area contributed by atoms with Crippen molar-refractivity contribution < 1.29 is 0 Å². The molecule has 0 aromatic rings. The molecule has 0 saturated heterocycles. The first-order chi connectivity index (χ1) is 5.91. The summed E-state index contributed by atoms with van der Waals surface area (Å²) in [6.07, 6.45) is 7.30. The molecule has 0 aliphatic rings. The van der Waals surface area contributed by atoms with E-state index in [0.29, 0.717) is 5.47 Å². The van der Waals surface area contributed by atoms with Crippen molar-refractivity contribution in [2.75, 3.05) is 0 Å². The number of rotatable bonds is 3. The summed E-state index contributed by atoms with van der Waals surface area (Å²) >= 11 is 0. The van der Waals surface area contributed by atoms with Crippen LogP contribution in [0, 0.1) is 5.41 Å². The molecule has 0 aromatic carbocycles. The Labute approximate surface area is 83.1 Å². The molecule has 0 atom stereocenters. The van der Waals surface area contributed by atoms with Gasteiger partial charge in [-0.25, -0.2) is 0 Å². The van der Waals surface area contributed by atoms with E-state index in [1.807, 2.05) is 18.2 Å². The molecule has 0 unspecified atom stereocenters. The Morgan fingerprint density at radius 2 is 1.62 bits per heavy atom. The van der Waals surface area contributed by atoms with Gasteiger partial charge in [0, 0.05) is 0 Å². The van der Waals surface area contributed by atoms with Crippen molar-refractivity contribution in [1.82, 2.24) is 0 Å². The van der Waals surface area contributed by atoms with Gasteiger partial charge in [-0.3, -0.25) is 0 Å². The highest BCUT2D eigenvalue weighted by molar-refractivity contribution is 6.23. The van der Waals surface area contributed by atoms with Gasteiger partial charge in [-0.2, -0.15) is 0 Å². The monoisotopic (exact) mass is 172 g/mol. The van der Waals surface area contributed by atoms with Crippen molar-refractivity contribution in [2.45, 2.75) is 20.8 Å². The fourth-order valence-corrected chi connectivity index (χ4v) is 0.878. The second-order valence-corrected chi connectivity index (χ2v) is 3.95. The van der Waals surface area contributed by atoms with Crippen molar-refractivity contribution in [2.24, 2.45) is 5.41 Å². The van der Waals surface area contributed by atoms with E-state index in [1.165, 1.54) is 0 Å². The van der Waals surface area contributed by atoms with Crippen LogP contribution in [0.15, 0.2) is 48.5 Å². The molecule has 13 heavy (non-hydrogen) atoms. The summed E-state index contributed by atoms with van der Waals surface area (Å²) in [5, 5.41) is 0. The molecule has 0 rings (SSSR count). The van der Waals surface area contributed by atoms with E-state index in [9.17, 15) is 0 Å². The molecule has 0 amide bonds. The van der Waals surface area contributed by atoms with Crippen LogP contribution in [0.4, 0.5) is 0 Å². The molecule has 0 aromatic heterocycles.